The molecule has 0 saturated carbocycles. The molecule has 92 valence electrons. The molecular weight excluding hydrogens is 234 g/mol. The molecular formula is C13H17NO2S. The monoisotopic (exact) mass is 251 g/mol. The van der Waals surface area contributed by atoms with E-state index >= 15 is 0 Å². The molecule has 1 aliphatic heterocycles. The Balaban J connectivity index is 1.79. The molecule has 1 heterocycles. The summed E-state index contributed by atoms with van der Waals surface area (Å²) in [5, 5.41) is 0. The molecule has 3 nitrogen and oxygen atoms in total. The maximum absolute atomic E-state index is 11.9. The zero-order valence-corrected chi connectivity index (χ0v) is 10.6. The number of carbonyl (C=O) groups is 1. The molecule has 1 fully saturated rings. The van der Waals surface area contributed by atoms with Gasteiger partial charge in [-0.1, -0.05) is 30.3 Å². The lowest BCUT2D eigenvalue weighted by Crippen LogP contribution is -2.38. The predicted molar refractivity (Wildman–Crippen MR) is 69.7 cm³/mol. The van der Waals surface area contributed by atoms with Crippen molar-refractivity contribution in [2.75, 3.05) is 31.1 Å². The van der Waals surface area contributed by atoms with E-state index in [1.807, 2.05) is 30.3 Å². The minimum absolute atomic E-state index is 0.192. The van der Waals surface area contributed by atoms with E-state index in [0.29, 0.717) is 6.42 Å². The van der Waals surface area contributed by atoms with Gasteiger partial charge in [-0.2, -0.15) is 0 Å². The third kappa shape index (κ3) is 3.75. The molecule has 4 heteroatoms. The Kier molecular flexibility index (Phi) is 4.45. The first-order valence-corrected chi connectivity index (χ1v) is 7.40. The van der Waals surface area contributed by atoms with E-state index in [1.54, 1.807) is 0 Å². The van der Waals surface area contributed by atoms with Crippen molar-refractivity contribution < 1.29 is 9.00 Å². The molecule has 1 aliphatic rings. The summed E-state index contributed by atoms with van der Waals surface area (Å²) in [6.45, 7) is 2.49. The minimum Gasteiger partial charge on any atom is -0.301 e. The maximum atomic E-state index is 11.9. The van der Waals surface area contributed by atoms with E-state index in [-0.39, 0.29) is 5.78 Å². The molecule has 0 radical (unpaired) electrons. The Morgan fingerprint density at radius 3 is 2.47 bits per heavy atom. The van der Waals surface area contributed by atoms with Crippen molar-refractivity contribution in [3.63, 3.8) is 0 Å². The van der Waals surface area contributed by atoms with Crippen LogP contribution in [0.1, 0.15) is 16.8 Å². The van der Waals surface area contributed by atoms with Crippen LogP contribution in [-0.4, -0.2) is 46.0 Å². The lowest BCUT2D eigenvalue weighted by molar-refractivity contribution is 0.0966. The van der Waals surface area contributed by atoms with Crippen molar-refractivity contribution in [2.45, 2.75) is 6.42 Å². The molecule has 1 aromatic rings. The summed E-state index contributed by atoms with van der Waals surface area (Å²) in [7, 11) is -0.638. The van der Waals surface area contributed by atoms with Gasteiger partial charge in [0.15, 0.2) is 5.78 Å². The Labute approximate surface area is 104 Å². The standard InChI is InChI=1S/C13H17NO2S/c15-13(12-4-2-1-3-5-12)6-7-14-8-10-17(16)11-9-14/h1-5H,6-11H2. The normalized spacial score (nSPS) is 18.1. The molecule has 0 aromatic heterocycles. The lowest BCUT2D eigenvalue weighted by Gasteiger charge is -2.25. The van der Waals surface area contributed by atoms with E-state index in [0.717, 1.165) is 36.7 Å². The summed E-state index contributed by atoms with van der Waals surface area (Å²) < 4.78 is 11.2. The number of rotatable bonds is 4. The van der Waals surface area contributed by atoms with E-state index in [1.165, 1.54) is 0 Å². The summed E-state index contributed by atoms with van der Waals surface area (Å²) in [4.78, 5) is 14.1. The number of Topliss-reactive ketones (excluding diaryl/α,β-unsaturated/α-hetero) is 1. The first-order valence-electron chi connectivity index (χ1n) is 5.91. The second kappa shape index (κ2) is 6.07. The summed E-state index contributed by atoms with van der Waals surface area (Å²) >= 11 is 0. The van der Waals surface area contributed by atoms with E-state index in [2.05, 4.69) is 4.90 Å². The molecule has 2 rings (SSSR count). The van der Waals surface area contributed by atoms with Crippen molar-refractivity contribution in [1.82, 2.24) is 4.90 Å². The van der Waals surface area contributed by atoms with Crippen molar-refractivity contribution in [3.05, 3.63) is 35.9 Å². The fourth-order valence-corrected chi connectivity index (χ4v) is 3.06. The maximum Gasteiger partial charge on any atom is 0.164 e. The van der Waals surface area contributed by atoms with Crippen LogP contribution in [0.15, 0.2) is 30.3 Å². The van der Waals surface area contributed by atoms with Crippen LogP contribution in [0.4, 0.5) is 0 Å². The minimum atomic E-state index is -0.638. The first kappa shape index (κ1) is 12.5. The highest BCUT2D eigenvalue weighted by atomic mass is 32.2. The first-order chi connectivity index (χ1) is 8.25. The van der Waals surface area contributed by atoms with Gasteiger partial charge in [-0.3, -0.25) is 9.00 Å². The zero-order chi connectivity index (χ0) is 12.1. The van der Waals surface area contributed by atoms with Gasteiger partial charge in [0.2, 0.25) is 0 Å². The van der Waals surface area contributed by atoms with Gasteiger partial charge in [0, 0.05) is 53.9 Å². The van der Waals surface area contributed by atoms with E-state index in [9.17, 15) is 9.00 Å². The smallest absolute Gasteiger partial charge is 0.164 e. The Morgan fingerprint density at radius 2 is 1.82 bits per heavy atom. The number of benzene rings is 1. The number of nitrogens with zero attached hydrogens (tertiary/aromatic N) is 1. The molecule has 0 aliphatic carbocycles. The Hall–Kier alpha value is -1.00. The summed E-state index contributed by atoms with van der Waals surface area (Å²) in [6.07, 6.45) is 0.552. The van der Waals surface area contributed by atoms with Crippen LogP contribution < -0.4 is 0 Å². The third-order valence-electron chi connectivity index (χ3n) is 3.02. The van der Waals surface area contributed by atoms with Crippen molar-refractivity contribution in [2.24, 2.45) is 0 Å². The van der Waals surface area contributed by atoms with Crippen LogP contribution in [0.25, 0.3) is 0 Å². The number of ketones is 1. The second-order valence-corrected chi connectivity index (χ2v) is 5.93. The van der Waals surface area contributed by atoms with Gasteiger partial charge in [0.25, 0.3) is 0 Å². The average Bonchev–Trinajstić information content (AvgIpc) is 2.39. The van der Waals surface area contributed by atoms with Crippen LogP contribution >= 0.6 is 0 Å². The van der Waals surface area contributed by atoms with Gasteiger partial charge in [0.1, 0.15) is 0 Å². The average molecular weight is 251 g/mol. The third-order valence-corrected chi connectivity index (χ3v) is 4.30. The predicted octanol–water partition coefficient (Wildman–Crippen LogP) is 1.32. The molecule has 1 saturated heterocycles. The van der Waals surface area contributed by atoms with E-state index in [4.69, 9.17) is 0 Å². The lowest BCUT2D eigenvalue weighted by atomic mass is 10.1. The zero-order valence-electron chi connectivity index (χ0n) is 9.80. The van der Waals surface area contributed by atoms with Gasteiger partial charge in [-0.05, 0) is 0 Å². The van der Waals surface area contributed by atoms with Gasteiger partial charge in [0.05, 0.1) is 0 Å². The van der Waals surface area contributed by atoms with Gasteiger partial charge in [-0.15, -0.1) is 0 Å². The fraction of sp³-hybridized carbons (Fsp3) is 0.462. The largest absolute Gasteiger partial charge is 0.301 e. The Bertz CT molecular complexity index is 395. The van der Waals surface area contributed by atoms with E-state index < -0.39 is 10.8 Å². The molecule has 0 unspecified atom stereocenters. The highest BCUT2D eigenvalue weighted by molar-refractivity contribution is 7.85. The summed E-state index contributed by atoms with van der Waals surface area (Å²) in [5.41, 5.74) is 0.785. The van der Waals surface area contributed by atoms with Crippen LogP contribution in [0.2, 0.25) is 0 Å². The summed E-state index contributed by atoms with van der Waals surface area (Å²) in [6, 6.07) is 9.40. The highest BCUT2D eigenvalue weighted by Gasteiger charge is 2.16. The molecule has 0 amide bonds. The molecule has 0 atom stereocenters. The van der Waals surface area contributed by atoms with Crippen LogP contribution in [-0.2, 0) is 10.8 Å². The van der Waals surface area contributed by atoms with Crippen LogP contribution in [0.3, 0.4) is 0 Å². The summed E-state index contributed by atoms with van der Waals surface area (Å²) in [5.74, 6) is 1.69. The van der Waals surface area contributed by atoms with Gasteiger partial charge in [-0.25, -0.2) is 0 Å². The molecule has 0 spiro atoms. The van der Waals surface area contributed by atoms with Gasteiger partial charge >= 0.3 is 0 Å². The van der Waals surface area contributed by atoms with Crippen molar-refractivity contribution >= 4 is 16.6 Å². The number of hydrogen-bond acceptors (Lipinski definition) is 3. The number of hydrogen-bond donors (Lipinski definition) is 0. The van der Waals surface area contributed by atoms with Crippen molar-refractivity contribution in [3.8, 4) is 0 Å². The quantitative estimate of drug-likeness (QED) is 0.758. The topological polar surface area (TPSA) is 37.4 Å². The molecule has 0 N–H and O–H groups in total. The highest BCUT2D eigenvalue weighted by Crippen LogP contribution is 2.06. The fourth-order valence-electron chi connectivity index (χ4n) is 1.93. The van der Waals surface area contributed by atoms with Crippen molar-refractivity contribution in [1.29, 1.82) is 0 Å². The molecule has 1 aromatic carbocycles. The SMILES string of the molecule is O=C(CCN1CCS(=O)CC1)c1ccccc1. The number of carbonyl (C=O) groups excluding carboxylic acids is 1. The molecule has 0 bridgehead atoms. The van der Waals surface area contributed by atoms with Gasteiger partial charge < -0.3 is 4.90 Å². The van der Waals surface area contributed by atoms with Crippen LogP contribution in [0.5, 0.6) is 0 Å². The van der Waals surface area contributed by atoms with Crippen LogP contribution in [0, 0.1) is 0 Å². The second-order valence-electron chi connectivity index (χ2n) is 4.23. The Morgan fingerprint density at radius 1 is 1.18 bits per heavy atom. The molecule has 17 heavy (non-hydrogen) atoms.